The summed E-state index contributed by atoms with van der Waals surface area (Å²) in [6, 6.07) is 10.2. The highest BCUT2D eigenvalue weighted by Crippen LogP contribution is 2.19. The molecule has 0 saturated carbocycles. The van der Waals surface area contributed by atoms with Crippen molar-refractivity contribution in [1.82, 2.24) is 9.97 Å². The molecule has 3 aromatic rings. The van der Waals surface area contributed by atoms with E-state index in [0.29, 0.717) is 5.82 Å². The fraction of sp³-hybridized carbons (Fsp3) is 0.0769. The Kier molecular flexibility index (Phi) is 2.49. The highest BCUT2D eigenvalue weighted by atomic mass is 32.1. The molecule has 0 aliphatic heterocycles. The average Bonchev–Trinajstić information content (AvgIpc) is 2.83. The predicted octanol–water partition coefficient (Wildman–Crippen LogP) is 2.86. The number of anilines is 1. The SMILES string of the molecule is Nc1nccc2ccc(Cc3cccs3)nc12. The van der Waals surface area contributed by atoms with E-state index >= 15 is 0 Å². The van der Waals surface area contributed by atoms with Crippen LogP contribution in [0.1, 0.15) is 10.6 Å². The number of thiophene rings is 1. The first-order valence-electron chi connectivity index (χ1n) is 5.35. The summed E-state index contributed by atoms with van der Waals surface area (Å²) in [5.74, 6) is 0.496. The van der Waals surface area contributed by atoms with Crippen molar-refractivity contribution < 1.29 is 0 Å². The van der Waals surface area contributed by atoms with Crippen LogP contribution in [0.2, 0.25) is 0 Å². The molecule has 3 nitrogen and oxygen atoms in total. The lowest BCUT2D eigenvalue weighted by atomic mass is 10.2. The van der Waals surface area contributed by atoms with E-state index in [1.807, 2.05) is 18.2 Å². The second kappa shape index (κ2) is 4.14. The molecule has 0 aliphatic carbocycles. The van der Waals surface area contributed by atoms with E-state index in [-0.39, 0.29) is 0 Å². The van der Waals surface area contributed by atoms with E-state index in [1.165, 1.54) is 4.88 Å². The highest BCUT2D eigenvalue weighted by Gasteiger charge is 2.03. The van der Waals surface area contributed by atoms with Gasteiger partial charge in [0.15, 0.2) is 0 Å². The standard InChI is InChI=1S/C13H11N3S/c14-13-12-9(5-6-15-13)3-4-10(16-12)8-11-2-1-7-17-11/h1-7H,8H2,(H2,14,15). The van der Waals surface area contributed by atoms with Gasteiger partial charge in [-0.2, -0.15) is 0 Å². The van der Waals surface area contributed by atoms with Crippen LogP contribution < -0.4 is 5.73 Å². The third-order valence-electron chi connectivity index (χ3n) is 2.63. The van der Waals surface area contributed by atoms with Crippen molar-refractivity contribution in [1.29, 1.82) is 0 Å². The van der Waals surface area contributed by atoms with E-state index < -0.39 is 0 Å². The van der Waals surface area contributed by atoms with Crippen molar-refractivity contribution in [3.8, 4) is 0 Å². The molecule has 3 heterocycles. The van der Waals surface area contributed by atoms with Gasteiger partial charge in [-0.1, -0.05) is 12.1 Å². The molecule has 4 heteroatoms. The largest absolute Gasteiger partial charge is 0.382 e. The third kappa shape index (κ3) is 1.99. The maximum atomic E-state index is 5.83. The van der Waals surface area contributed by atoms with Crippen molar-refractivity contribution in [2.45, 2.75) is 6.42 Å². The van der Waals surface area contributed by atoms with Crippen LogP contribution in [0.5, 0.6) is 0 Å². The Morgan fingerprint density at radius 1 is 1.18 bits per heavy atom. The molecular weight excluding hydrogens is 230 g/mol. The molecule has 2 N–H and O–H groups in total. The first-order valence-corrected chi connectivity index (χ1v) is 6.23. The van der Waals surface area contributed by atoms with Crippen LogP contribution in [0.3, 0.4) is 0 Å². The molecule has 84 valence electrons. The van der Waals surface area contributed by atoms with Crippen molar-refractivity contribution in [2.24, 2.45) is 0 Å². The van der Waals surface area contributed by atoms with Crippen LogP contribution in [0.15, 0.2) is 41.9 Å². The molecule has 0 unspecified atom stereocenters. The average molecular weight is 241 g/mol. The van der Waals surface area contributed by atoms with E-state index in [4.69, 9.17) is 5.73 Å². The number of aromatic nitrogens is 2. The lowest BCUT2D eigenvalue weighted by molar-refractivity contribution is 1.12. The molecule has 0 saturated heterocycles. The third-order valence-corrected chi connectivity index (χ3v) is 3.51. The molecule has 3 aromatic heterocycles. The number of nitrogen functional groups attached to an aromatic ring is 1. The Hall–Kier alpha value is -1.94. The van der Waals surface area contributed by atoms with Crippen LogP contribution in [-0.4, -0.2) is 9.97 Å². The normalized spacial score (nSPS) is 10.8. The number of nitrogens with zero attached hydrogens (tertiary/aromatic N) is 2. The fourth-order valence-corrected chi connectivity index (χ4v) is 2.52. The quantitative estimate of drug-likeness (QED) is 0.750. The zero-order chi connectivity index (χ0) is 11.7. The number of hydrogen-bond donors (Lipinski definition) is 1. The molecule has 0 aromatic carbocycles. The van der Waals surface area contributed by atoms with Crippen LogP contribution in [-0.2, 0) is 6.42 Å². The van der Waals surface area contributed by atoms with Gasteiger partial charge in [-0.15, -0.1) is 11.3 Å². The van der Waals surface area contributed by atoms with Crippen molar-refractivity contribution in [3.05, 3.63) is 52.5 Å². The maximum absolute atomic E-state index is 5.83. The monoisotopic (exact) mass is 241 g/mol. The Morgan fingerprint density at radius 2 is 2.12 bits per heavy atom. The van der Waals surface area contributed by atoms with Gasteiger partial charge in [0.25, 0.3) is 0 Å². The minimum atomic E-state index is 0.496. The second-order valence-electron chi connectivity index (χ2n) is 3.83. The van der Waals surface area contributed by atoms with Gasteiger partial charge in [-0.25, -0.2) is 9.97 Å². The van der Waals surface area contributed by atoms with Gasteiger partial charge in [0.05, 0.1) is 0 Å². The smallest absolute Gasteiger partial charge is 0.149 e. The summed E-state index contributed by atoms with van der Waals surface area (Å²) in [5, 5.41) is 3.11. The Bertz CT molecular complexity index is 647. The number of fused-ring (bicyclic) bond motifs is 1. The molecule has 0 atom stereocenters. The molecule has 0 radical (unpaired) electrons. The zero-order valence-corrected chi connectivity index (χ0v) is 9.95. The zero-order valence-electron chi connectivity index (χ0n) is 9.13. The van der Waals surface area contributed by atoms with Gasteiger partial charge in [-0.3, -0.25) is 0 Å². The van der Waals surface area contributed by atoms with Crippen molar-refractivity contribution in [2.75, 3.05) is 5.73 Å². The second-order valence-corrected chi connectivity index (χ2v) is 4.86. The minimum Gasteiger partial charge on any atom is -0.382 e. The molecule has 0 bridgehead atoms. The van der Waals surface area contributed by atoms with Crippen molar-refractivity contribution in [3.63, 3.8) is 0 Å². The van der Waals surface area contributed by atoms with Crippen LogP contribution >= 0.6 is 11.3 Å². The number of rotatable bonds is 2. The van der Waals surface area contributed by atoms with E-state index in [2.05, 4.69) is 27.5 Å². The molecule has 0 fully saturated rings. The van der Waals surface area contributed by atoms with Gasteiger partial charge < -0.3 is 5.73 Å². The lowest BCUT2D eigenvalue weighted by Gasteiger charge is -2.03. The Morgan fingerprint density at radius 3 is 2.94 bits per heavy atom. The topological polar surface area (TPSA) is 51.8 Å². The van der Waals surface area contributed by atoms with Gasteiger partial charge in [0.2, 0.25) is 0 Å². The summed E-state index contributed by atoms with van der Waals surface area (Å²) in [5.41, 5.74) is 7.65. The Labute approximate surface area is 103 Å². The fourth-order valence-electron chi connectivity index (χ4n) is 1.80. The van der Waals surface area contributed by atoms with Crippen LogP contribution in [0.25, 0.3) is 10.9 Å². The Balaban J connectivity index is 2.04. The van der Waals surface area contributed by atoms with E-state index in [0.717, 1.165) is 23.0 Å². The van der Waals surface area contributed by atoms with Crippen molar-refractivity contribution >= 4 is 28.1 Å². The first-order chi connectivity index (χ1) is 8.33. The minimum absolute atomic E-state index is 0.496. The van der Waals surface area contributed by atoms with E-state index in [9.17, 15) is 0 Å². The number of hydrogen-bond acceptors (Lipinski definition) is 4. The highest BCUT2D eigenvalue weighted by molar-refractivity contribution is 7.09. The van der Waals surface area contributed by atoms with Crippen LogP contribution in [0, 0.1) is 0 Å². The summed E-state index contributed by atoms with van der Waals surface area (Å²) < 4.78 is 0. The molecule has 0 aliphatic rings. The summed E-state index contributed by atoms with van der Waals surface area (Å²) in [6.45, 7) is 0. The molecule has 3 rings (SSSR count). The molecule has 0 amide bonds. The molecular formula is C13H11N3S. The summed E-state index contributed by atoms with van der Waals surface area (Å²) in [4.78, 5) is 9.94. The van der Waals surface area contributed by atoms with Gasteiger partial charge in [-0.05, 0) is 23.6 Å². The van der Waals surface area contributed by atoms with Gasteiger partial charge >= 0.3 is 0 Å². The maximum Gasteiger partial charge on any atom is 0.149 e. The lowest BCUT2D eigenvalue weighted by Crippen LogP contribution is -1.96. The summed E-state index contributed by atoms with van der Waals surface area (Å²) in [7, 11) is 0. The molecule has 0 spiro atoms. The van der Waals surface area contributed by atoms with Gasteiger partial charge in [0, 0.05) is 28.6 Å². The van der Waals surface area contributed by atoms with E-state index in [1.54, 1.807) is 17.5 Å². The number of nitrogens with two attached hydrogens (primary N) is 1. The first kappa shape index (κ1) is 10.2. The predicted molar refractivity (Wildman–Crippen MR) is 71.1 cm³/mol. The summed E-state index contributed by atoms with van der Waals surface area (Å²) in [6.07, 6.45) is 2.56. The summed E-state index contributed by atoms with van der Waals surface area (Å²) >= 11 is 1.74. The van der Waals surface area contributed by atoms with Crippen LogP contribution in [0.4, 0.5) is 5.82 Å². The number of pyridine rings is 2. The van der Waals surface area contributed by atoms with Gasteiger partial charge in [0.1, 0.15) is 11.3 Å². The molecule has 17 heavy (non-hydrogen) atoms.